The zero-order valence-electron chi connectivity index (χ0n) is 19.0. The lowest BCUT2D eigenvalue weighted by atomic mass is 10.1. The van der Waals surface area contributed by atoms with Crippen molar-refractivity contribution in [2.75, 3.05) is 32.0 Å². The molecule has 0 radical (unpaired) electrons. The van der Waals surface area contributed by atoms with Crippen molar-refractivity contribution in [1.29, 1.82) is 0 Å². The summed E-state index contributed by atoms with van der Waals surface area (Å²) in [4.78, 5) is 27.5. The average molecular weight is 515 g/mol. The van der Waals surface area contributed by atoms with Crippen molar-refractivity contribution in [3.8, 4) is 0 Å². The van der Waals surface area contributed by atoms with E-state index in [4.69, 9.17) is 23.2 Å². The number of hydrogen-bond donors (Lipinski definition) is 1. The van der Waals surface area contributed by atoms with Crippen molar-refractivity contribution >= 4 is 50.9 Å². The van der Waals surface area contributed by atoms with E-state index in [9.17, 15) is 18.0 Å². The fourth-order valence-corrected chi connectivity index (χ4v) is 4.61. The van der Waals surface area contributed by atoms with Gasteiger partial charge in [0.25, 0.3) is 0 Å². The summed E-state index contributed by atoms with van der Waals surface area (Å²) in [5, 5.41) is 3.25. The Morgan fingerprint density at radius 1 is 1.03 bits per heavy atom. The van der Waals surface area contributed by atoms with Gasteiger partial charge in [0, 0.05) is 27.7 Å². The van der Waals surface area contributed by atoms with Gasteiger partial charge in [0.1, 0.15) is 12.6 Å². The number of rotatable bonds is 10. The summed E-state index contributed by atoms with van der Waals surface area (Å²) in [6, 6.07) is 12.5. The molecule has 1 N–H and O–H groups in total. The van der Waals surface area contributed by atoms with E-state index in [0.717, 1.165) is 8.61 Å². The topological polar surface area (TPSA) is 90.0 Å². The van der Waals surface area contributed by atoms with Crippen molar-refractivity contribution in [2.45, 2.75) is 25.9 Å². The van der Waals surface area contributed by atoms with Crippen LogP contribution in [0.5, 0.6) is 0 Å². The second-order valence-electron chi connectivity index (χ2n) is 7.44. The van der Waals surface area contributed by atoms with Crippen molar-refractivity contribution < 1.29 is 18.0 Å². The van der Waals surface area contributed by atoms with Gasteiger partial charge in [0.05, 0.1) is 15.7 Å². The lowest BCUT2D eigenvalue weighted by molar-refractivity contribution is -0.140. The Labute approximate surface area is 205 Å². The maximum atomic E-state index is 13.5. The number of carbonyl (C=O) groups is 2. The Hall–Kier alpha value is -2.33. The number of carbonyl (C=O) groups excluding carboxylic acids is 2. The summed E-state index contributed by atoms with van der Waals surface area (Å²) in [6.45, 7) is 1.34. The Kier molecular flexibility index (Phi) is 9.54. The van der Waals surface area contributed by atoms with Gasteiger partial charge in [-0.2, -0.15) is 12.7 Å². The molecule has 0 heterocycles. The van der Waals surface area contributed by atoms with Gasteiger partial charge < -0.3 is 10.2 Å². The molecule has 0 bridgehead atoms. The molecule has 8 nitrogen and oxygen atoms in total. The molecule has 0 aliphatic heterocycles. The minimum Gasteiger partial charge on any atom is -0.357 e. The van der Waals surface area contributed by atoms with E-state index in [1.165, 1.54) is 26.0 Å². The van der Waals surface area contributed by atoms with E-state index >= 15 is 0 Å². The molecule has 0 aliphatic carbocycles. The maximum absolute atomic E-state index is 13.5. The highest BCUT2D eigenvalue weighted by atomic mass is 35.5. The van der Waals surface area contributed by atoms with E-state index in [0.29, 0.717) is 27.7 Å². The lowest BCUT2D eigenvalue weighted by Gasteiger charge is -2.33. The number of nitrogens with zero attached hydrogens (tertiary/aromatic N) is 3. The van der Waals surface area contributed by atoms with Crippen LogP contribution in [0.15, 0.2) is 48.5 Å². The number of halogens is 2. The number of likely N-dealkylation sites (N-methyl/N-ethyl adjacent to an activating group) is 1. The molecule has 2 amide bonds. The predicted molar refractivity (Wildman–Crippen MR) is 132 cm³/mol. The summed E-state index contributed by atoms with van der Waals surface area (Å²) >= 11 is 12.1. The minimum atomic E-state index is -3.98. The van der Waals surface area contributed by atoms with Crippen LogP contribution in [-0.2, 0) is 26.3 Å². The number of anilines is 1. The molecule has 2 rings (SSSR count). The molecular weight excluding hydrogens is 487 g/mol. The van der Waals surface area contributed by atoms with Crippen LogP contribution in [0.1, 0.15) is 18.9 Å². The van der Waals surface area contributed by atoms with Gasteiger partial charge in [0.15, 0.2) is 0 Å². The van der Waals surface area contributed by atoms with Gasteiger partial charge in [-0.15, -0.1) is 0 Å². The van der Waals surface area contributed by atoms with Crippen molar-refractivity contribution in [1.82, 2.24) is 14.5 Å². The Bertz CT molecular complexity index is 1080. The summed E-state index contributed by atoms with van der Waals surface area (Å²) in [5.41, 5.74) is 0.990. The number of hydrogen-bond acceptors (Lipinski definition) is 4. The third kappa shape index (κ3) is 6.60. The first-order chi connectivity index (χ1) is 15.5. The highest BCUT2D eigenvalue weighted by Crippen LogP contribution is 2.25. The molecule has 0 aromatic heterocycles. The molecule has 2 aromatic carbocycles. The van der Waals surface area contributed by atoms with Crippen LogP contribution in [0, 0.1) is 0 Å². The van der Waals surface area contributed by atoms with Gasteiger partial charge in [0.2, 0.25) is 11.8 Å². The zero-order chi connectivity index (χ0) is 24.8. The van der Waals surface area contributed by atoms with Gasteiger partial charge in [-0.3, -0.25) is 9.59 Å². The van der Waals surface area contributed by atoms with Crippen LogP contribution >= 0.6 is 23.2 Å². The summed E-state index contributed by atoms with van der Waals surface area (Å²) in [7, 11) is 0.285. The third-order valence-corrected chi connectivity index (χ3v) is 7.59. The van der Waals surface area contributed by atoms with Crippen molar-refractivity contribution in [3.05, 3.63) is 64.1 Å². The van der Waals surface area contributed by atoms with Gasteiger partial charge in [-0.25, -0.2) is 4.31 Å². The van der Waals surface area contributed by atoms with Crippen LogP contribution < -0.4 is 9.62 Å². The highest BCUT2D eigenvalue weighted by molar-refractivity contribution is 7.90. The smallest absolute Gasteiger partial charge is 0.304 e. The third-order valence-electron chi connectivity index (χ3n) is 5.03. The minimum absolute atomic E-state index is 0.0479. The molecule has 0 spiro atoms. The molecular formula is C22H28Cl2N4O4S. The maximum Gasteiger partial charge on any atom is 0.304 e. The second-order valence-corrected chi connectivity index (χ2v) is 10.3. The van der Waals surface area contributed by atoms with Crippen LogP contribution in [-0.4, -0.2) is 63.2 Å². The Balaban J connectivity index is 2.48. The molecule has 0 saturated heterocycles. The van der Waals surface area contributed by atoms with E-state index in [2.05, 4.69) is 5.32 Å². The molecule has 180 valence electrons. The predicted octanol–water partition coefficient (Wildman–Crippen LogP) is 3.16. The standard InChI is InChI=1S/C22H28Cl2N4O4S/c1-5-20(22(30)25-2)27(14-16-11-12-18(23)19(24)13-16)21(29)15-28(33(31,32)26(3)4)17-9-7-6-8-10-17/h6-13,20H,5,14-15H2,1-4H3,(H,25,30). The molecule has 0 aliphatic rings. The van der Waals surface area contributed by atoms with Crippen LogP contribution in [0.4, 0.5) is 5.69 Å². The number of nitrogens with one attached hydrogen (secondary N) is 1. The first-order valence-corrected chi connectivity index (χ1v) is 12.4. The lowest BCUT2D eigenvalue weighted by Crippen LogP contribution is -2.52. The summed E-state index contributed by atoms with van der Waals surface area (Å²) in [5.74, 6) is -0.890. The van der Waals surface area contributed by atoms with Crippen LogP contribution in [0.3, 0.4) is 0 Å². The van der Waals surface area contributed by atoms with Crippen molar-refractivity contribution in [3.63, 3.8) is 0 Å². The van der Waals surface area contributed by atoms with E-state index in [-0.39, 0.29) is 12.5 Å². The Morgan fingerprint density at radius 2 is 1.67 bits per heavy atom. The Morgan fingerprint density at radius 3 is 2.18 bits per heavy atom. The van der Waals surface area contributed by atoms with E-state index < -0.39 is 28.7 Å². The monoisotopic (exact) mass is 514 g/mol. The largest absolute Gasteiger partial charge is 0.357 e. The molecule has 0 saturated carbocycles. The normalized spacial score (nSPS) is 12.3. The number of benzene rings is 2. The molecule has 1 unspecified atom stereocenters. The summed E-state index contributed by atoms with van der Waals surface area (Å²) < 4.78 is 28.1. The number of para-hydroxylation sites is 1. The van der Waals surface area contributed by atoms with Gasteiger partial charge in [-0.1, -0.05) is 54.4 Å². The fourth-order valence-electron chi connectivity index (χ4n) is 3.23. The van der Waals surface area contributed by atoms with Gasteiger partial charge >= 0.3 is 10.2 Å². The highest BCUT2D eigenvalue weighted by Gasteiger charge is 2.33. The van der Waals surface area contributed by atoms with E-state index in [1.807, 2.05) is 0 Å². The van der Waals surface area contributed by atoms with Gasteiger partial charge in [-0.05, 0) is 36.2 Å². The van der Waals surface area contributed by atoms with Crippen molar-refractivity contribution in [2.24, 2.45) is 0 Å². The molecule has 2 aromatic rings. The number of amides is 2. The fraction of sp³-hybridized carbons (Fsp3) is 0.364. The first-order valence-electron chi connectivity index (χ1n) is 10.2. The molecule has 33 heavy (non-hydrogen) atoms. The molecule has 11 heteroatoms. The second kappa shape index (κ2) is 11.7. The molecule has 1 atom stereocenters. The first kappa shape index (κ1) is 26.9. The average Bonchev–Trinajstić information content (AvgIpc) is 2.79. The summed E-state index contributed by atoms with van der Waals surface area (Å²) in [6.07, 6.45) is 0.332. The van der Waals surface area contributed by atoms with E-state index in [1.54, 1.807) is 55.5 Å². The SMILES string of the molecule is CCC(C(=O)NC)N(Cc1ccc(Cl)c(Cl)c1)C(=O)CN(c1ccccc1)S(=O)(=O)N(C)C. The quantitative estimate of drug-likeness (QED) is 0.527. The van der Waals surface area contributed by atoms with Crippen LogP contribution in [0.2, 0.25) is 10.0 Å². The molecule has 0 fully saturated rings. The zero-order valence-corrected chi connectivity index (χ0v) is 21.3. The van der Waals surface area contributed by atoms with Crippen LogP contribution in [0.25, 0.3) is 0 Å².